The zero-order chi connectivity index (χ0) is 25.5. The van der Waals surface area contributed by atoms with Crippen LogP contribution in [0.15, 0.2) is 41.2 Å². The van der Waals surface area contributed by atoms with Crippen LogP contribution in [-0.4, -0.2) is 55.6 Å². The summed E-state index contributed by atoms with van der Waals surface area (Å²) in [6.45, 7) is 0.462. The Bertz CT molecular complexity index is 1360. The maximum absolute atomic E-state index is 12.5. The van der Waals surface area contributed by atoms with Gasteiger partial charge < -0.3 is 26.2 Å². The number of nitrogen functional groups attached to an aromatic ring is 1. The average molecular weight is 478 g/mol. The fraction of sp³-hybridized carbons (Fsp3) is 0.217. The summed E-state index contributed by atoms with van der Waals surface area (Å²) in [7, 11) is 0. The number of fused-ring (bicyclic) bond motifs is 1. The van der Waals surface area contributed by atoms with Crippen LogP contribution >= 0.6 is 0 Å². The number of pyridine rings is 1. The molecule has 3 rings (SSSR count). The minimum atomic E-state index is -1.33. The Morgan fingerprint density at radius 1 is 1.14 bits per heavy atom. The molecule has 180 valence electrons. The SMILES string of the molecule is C#CCN(Cc1ccc2nc(N)[nH]c(=O)c2n1)c1ccc(C(=O)N[C@@H](CCC(=O)O)C(=O)O)cc1. The molecule has 0 bridgehead atoms. The fourth-order valence-corrected chi connectivity index (χ4v) is 3.31. The first kappa shape index (κ1) is 24.7. The summed E-state index contributed by atoms with van der Waals surface area (Å²) < 4.78 is 0. The third kappa shape index (κ3) is 6.32. The third-order valence-electron chi connectivity index (χ3n) is 5.01. The van der Waals surface area contributed by atoms with Crippen molar-refractivity contribution in [2.24, 2.45) is 0 Å². The predicted octanol–water partition coefficient (Wildman–Crippen LogP) is 0.588. The van der Waals surface area contributed by atoms with E-state index in [0.29, 0.717) is 16.9 Å². The van der Waals surface area contributed by atoms with E-state index in [-0.39, 0.29) is 36.5 Å². The van der Waals surface area contributed by atoms with Crippen LogP contribution in [0, 0.1) is 12.3 Å². The van der Waals surface area contributed by atoms with Crippen LogP contribution < -0.4 is 21.5 Å². The van der Waals surface area contributed by atoms with E-state index >= 15 is 0 Å². The fourth-order valence-electron chi connectivity index (χ4n) is 3.31. The molecule has 0 aliphatic heterocycles. The molecule has 2 aromatic heterocycles. The van der Waals surface area contributed by atoms with Crippen molar-refractivity contribution in [2.45, 2.75) is 25.4 Å². The van der Waals surface area contributed by atoms with Crippen molar-refractivity contribution in [3.05, 3.63) is 58.0 Å². The maximum Gasteiger partial charge on any atom is 0.326 e. The van der Waals surface area contributed by atoms with Crippen molar-refractivity contribution in [1.82, 2.24) is 20.3 Å². The van der Waals surface area contributed by atoms with Crippen LogP contribution in [0.4, 0.5) is 11.6 Å². The molecule has 0 aliphatic carbocycles. The number of carbonyl (C=O) groups excluding carboxylic acids is 1. The highest BCUT2D eigenvalue weighted by Gasteiger charge is 2.22. The molecule has 1 atom stereocenters. The molecule has 0 fully saturated rings. The van der Waals surface area contributed by atoms with Gasteiger partial charge in [0.2, 0.25) is 5.95 Å². The van der Waals surface area contributed by atoms with Crippen molar-refractivity contribution < 1.29 is 24.6 Å². The van der Waals surface area contributed by atoms with Gasteiger partial charge in [-0.15, -0.1) is 6.42 Å². The third-order valence-corrected chi connectivity index (χ3v) is 5.01. The largest absolute Gasteiger partial charge is 0.481 e. The highest BCUT2D eigenvalue weighted by molar-refractivity contribution is 5.97. The highest BCUT2D eigenvalue weighted by atomic mass is 16.4. The number of nitrogens with two attached hydrogens (primary N) is 1. The van der Waals surface area contributed by atoms with Crippen LogP contribution in [0.25, 0.3) is 11.0 Å². The van der Waals surface area contributed by atoms with Crippen molar-refractivity contribution in [2.75, 3.05) is 17.2 Å². The summed E-state index contributed by atoms with van der Waals surface area (Å²) in [6, 6.07) is 8.26. The van der Waals surface area contributed by atoms with Gasteiger partial charge in [-0.05, 0) is 42.8 Å². The summed E-state index contributed by atoms with van der Waals surface area (Å²) in [4.78, 5) is 59.2. The zero-order valence-corrected chi connectivity index (χ0v) is 18.4. The number of aliphatic carboxylic acids is 2. The molecule has 0 unspecified atom stereocenters. The molecule has 0 saturated heterocycles. The lowest BCUT2D eigenvalue weighted by atomic mass is 10.1. The van der Waals surface area contributed by atoms with Crippen molar-refractivity contribution in [3.8, 4) is 12.3 Å². The molecule has 12 heteroatoms. The molecule has 0 saturated carbocycles. The van der Waals surface area contributed by atoms with Gasteiger partial charge in [-0.3, -0.25) is 19.4 Å². The molecule has 0 radical (unpaired) electrons. The Morgan fingerprint density at radius 3 is 2.49 bits per heavy atom. The van der Waals surface area contributed by atoms with Gasteiger partial charge in [0.1, 0.15) is 6.04 Å². The Kier molecular flexibility index (Phi) is 7.63. The van der Waals surface area contributed by atoms with E-state index in [0.717, 1.165) is 0 Å². The quantitative estimate of drug-likeness (QED) is 0.258. The Hall–Kier alpha value is -4.92. The summed E-state index contributed by atoms with van der Waals surface area (Å²) in [5.74, 6) is -0.591. The first-order valence-electron chi connectivity index (χ1n) is 10.4. The van der Waals surface area contributed by atoms with Crippen LogP contribution in [0.2, 0.25) is 0 Å². The van der Waals surface area contributed by atoms with E-state index in [1.165, 1.54) is 12.1 Å². The number of aromatic nitrogens is 3. The predicted molar refractivity (Wildman–Crippen MR) is 127 cm³/mol. The number of aromatic amines is 1. The lowest BCUT2D eigenvalue weighted by molar-refractivity contribution is -0.140. The number of benzene rings is 1. The number of carbonyl (C=O) groups is 3. The van der Waals surface area contributed by atoms with Crippen molar-refractivity contribution in [1.29, 1.82) is 0 Å². The average Bonchev–Trinajstić information content (AvgIpc) is 2.81. The molecule has 2 heterocycles. The normalized spacial score (nSPS) is 11.4. The van der Waals surface area contributed by atoms with E-state index in [9.17, 15) is 24.3 Å². The number of nitrogens with zero attached hydrogens (tertiary/aromatic N) is 3. The number of H-pyrrole nitrogens is 1. The second-order valence-corrected chi connectivity index (χ2v) is 7.53. The number of hydrogen-bond donors (Lipinski definition) is 5. The Morgan fingerprint density at radius 2 is 1.86 bits per heavy atom. The summed E-state index contributed by atoms with van der Waals surface area (Å²) in [5.41, 5.74) is 6.99. The Balaban J connectivity index is 1.76. The van der Waals surface area contributed by atoms with Crippen LogP contribution in [-0.2, 0) is 16.1 Å². The molecule has 1 amide bonds. The smallest absolute Gasteiger partial charge is 0.326 e. The number of rotatable bonds is 10. The summed E-state index contributed by atoms with van der Waals surface area (Å²) in [5, 5.41) is 20.3. The second-order valence-electron chi connectivity index (χ2n) is 7.53. The lowest BCUT2D eigenvalue weighted by Gasteiger charge is -2.22. The van der Waals surface area contributed by atoms with Gasteiger partial charge in [0, 0.05) is 17.7 Å². The van der Waals surface area contributed by atoms with E-state index < -0.39 is 35.9 Å². The number of nitrogens with one attached hydrogen (secondary N) is 2. The van der Waals surface area contributed by atoms with E-state index in [4.69, 9.17) is 17.3 Å². The van der Waals surface area contributed by atoms with Crippen molar-refractivity contribution in [3.63, 3.8) is 0 Å². The molecule has 6 N–H and O–H groups in total. The van der Waals surface area contributed by atoms with Gasteiger partial charge in [-0.25, -0.2) is 14.8 Å². The molecule has 0 aliphatic rings. The van der Waals surface area contributed by atoms with Gasteiger partial charge in [-0.2, -0.15) is 0 Å². The second kappa shape index (κ2) is 10.8. The molecule has 35 heavy (non-hydrogen) atoms. The number of carboxylic acid groups (broad SMARTS) is 2. The molecular weight excluding hydrogens is 456 g/mol. The maximum atomic E-state index is 12.5. The number of terminal acetylenes is 1. The van der Waals surface area contributed by atoms with E-state index in [1.807, 2.05) is 0 Å². The van der Waals surface area contributed by atoms with E-state index in [2.05, 4.69) is 26.2 Å². The first-order valence-corrected chi connectivity index (χ1v) is 10.4. The van der Waals surface area contributed by atoms with Crippen LogP contribution in [0.1, 0.15) is 28.9 Å². The van der Waals surface area contributed by atoms with Crippen LogP contribution in [0.3, 0.4) is 0 Å². The number of anilines is 2. The Labute approximate surface area is 198 Å². The van der Waals surface area contributed by atoms with Gasteiger partial charge in [0.25, 0.3) is 11.5 Å². The topological polar surface area (TPSA) is 192 Å². The lowest BCUT2D eigenvalue weighted by Crippen LogP contribution is -2.41. The number of hydrogen-bond acceptors (Lipinski definition) is 8. The summed E-state index contributed by atoms with van der Waals surface area (Å²) >= 11 is 0. The molecule has 3 aromatic rings. The first-order chi connectivity index (χ1) is 16.7. The van der Waals surface area contributed by atoms with Gasteiger partial charge >= 0.3 is 11.9 Å². The number of amides is 1. The minimum absolute atomic E-state index is 0.00769. The molecule has 0 spiro atoms. The standard InChI is InChI=1S/C23H22N6O6/c1-2-11-29(12-14-5-8-16-19(25-14)21(33)28-23(24)27-16)15-6-3-13(4-7-15)20(32)26-17(22(34)35)9-10-18(30)31/h1,3-8,17H,9-12H2,(H,26,32)(H,30,31)(H,34,35)(H3,24,27,28,33)/t17-/m0/s1. The molecule has 12 nitrogen and oxygen atoms in total. The van der Waals surface area contributed by atoms with E-state index in [1.54, 1.807) is 29.2 Å². The zero-order valence-electron chi connectivity index (χ0n) is 18.4. The number of carboxylic acids is 2. The summed E-state index contributed by atoms with van der Waals surface area (Å²) in [6.07, 6.45) is 4.87. The minimum Gasteiger partial charge on any atom is -0.481 e. The van der Waals surface area contributed by atoms with Crippen molar-refractivity contribution >= 4 is 40.5 Å². The monoisotopic (exact) mass is 478 g/mol. The van der Waals surface area contributed by atoms with Gasteiger partial charge in [0.05, 0.1) is 24.3 Å². The highest BCUT2D eigenvalue weighted by Crippen LogP contribution is 2.19. The van der Waals surface area contributed by atoms with Gasteiger partial charge in [-0.1, -0.05) is 5.92 Å². The van der Waals surface area contributed by atoms with Crippen LogP contribution in [0.5, 0.6) is 0 Å². The van der Waals surface area contributed by atoms with Gasteiger partial charge in [0.15, 0.2) is 5.52 Å². The molecular formula is C23H22N6O6. The molecule has 1 aromatic carbocycles.